The molecule has 3 heteroatoms. The molecular weight excluding hydrogens is 280 g/mol. The molecule has 1 aromatic carbocycles. The minimum atomic E-state index is 0.411. The van der Waals surface area contributed by atoms with Crippen molar-refractivity contribution in [3.05, 3.63) is 64.4 Å². The maximum absolute atomic E-state index is 5.99. The molecule has 1 aromatic heterocycles. The number of aryl methyl sites for hydroxylation is 1. The number of pyridine rings is 1. The van der Waals surface area contributed by atoms with Crippen molar-refractivity contribution in [3.63, 3.8) is 0 Å². The van der Waals surface area contributed by atoms with Crippen LogP contribution in [-0.4, -0.2) is 4.98 Å². The van der Waals surface area contributed by atoms with E-state index in [0.29, 0.717) is 6.04 Å². The van der Waals surface area contributed by atoms with Crippen molar-refractivity contribution in [2.24, 2.45) is 5.92 Å². The van der Waals surface area contributed by atoms with Gasteiger partial charge in [-0.1, -0.05) is 36.7 Å². The Balaban J connectivity index is 1.72. The third-order valence-electron chi connectivity index (χ3n) is 4.18. The van der Waals surface area contributed by atoms with Gasteiger partial charge in [0.25, 0.3) is 0 Å². The Labute approximate surface area is 131 Å². The fourth-order valence-corrected chi connectivity index (χ4v) is 2.94. The molecule has 3 rings (SSSR count). The van der Waals surface area contributed by atoms with Gasteiger partial charge in [-0.15, -0.1) is 0 Å². The van der Waals surface area contributed by atoms with Crippen LogP contribution in [0.4, 0.5) is 0 Å². The van der Waals surface area contributed by atoms with Gasteiger partial charge in [0.1, 0.15) is 0 Å². The number of halogens is 1. The maximum Gasteiger partial charge on any atom is 0.0573 e. The summed E-state index contributed by atoms with van der Waals surface area (Å²) in [5, 5.41) is 4.50. The average Bonchev–Trinajstić information content (AvgIpc) is 3.34. The van der Waals surface area contributed by atoms with Crippen LogP contribution in [0.1, 0.15) is 42.6 Å². The summed E-state index contributed by atoms with van der Waals surface area (Å²) in [6.45, 7) is 3.01. The number of hydrogen-bond acceptors (Lipinski definition) is 2. The number of hydrogen-bond donors (Lipinski definition) is 1. The Bertz CT molecular complexity index is 590. The van der Waals surface area contributed by atoms with Gasteiger partial charge in [-0.25, -0.2) is 0 Å². The molecule has 0 saturated heterocycles. The molecule has 0 aliphatic heterocycles. The fraction of sp³-hybridized carbons (Fsp3) is 0.389. The highest BCUT2D eigenvalue weighted by atomic mass is 35.5. The summed E-state index contributed by atoms with van der Waals surface area (Å²) in [7, 11) is 0. The van der Waals surface area contributed by atoms with Crippen molar-refractivity contribution in [1.29, 1.82) is 0 Å². The zero-order chi connectivity index (χ0) is 14.7. The molecule has 1 heterocycles. The molecule has 0 radical (unpaired) electrons. The second kappa shape index (κ2) is 6.59. The molecule has 2 nitrogen and oxygen atoms in total. The first-order valence-electron chi connectivity index (χ1n) is 7.69. The Morgan fingerprint density at radius 2 is 2.00 bits per heavy atom. The third kappa shape index (κ3) is 3.63. The van der Waals surface area contributed by atoms with Gasteiger partial charge >= 0.3 is 0 Å². The van der Waals surface area contributed by atoms with Crippen molar-refractivity contribution in [2.75, 3.05) is 0 Å². The fourth-order valence-electron chi connectivity index (χ4n) is 2.82. The number of nitrogens with zero attached hydrogens (tertiary/aromatic N) is 1. The standard InChI is InChI=1S/C18H21ClN2/c1-2-13-4-3-11-20-17(13)12-21-18(14-5-6-14)15-7-9-16(19)10-8-15/h3-4,7-11,14,18,21H,2,5-6,12H2,1H3. The summed E-state index contributed by atoms with van der Waals surface area (Å²) in [6.07, 6.45) is 5.52. The first kappa shape index (κ1) is 14.6. The quantitative estimate of drug-likeness (QED) is 0.847. The Hall–Kier alpha value is -1.38. The minimum Gasteiger partial charge on any atom is -0.304 e. The summed E-state index contributed by atoms with van der Waals surface area (Å²) < 4.78 is 0. The highest BCUT2D eigenvalue weighted by Gasteiger charge is 2.32. The van der Waals surface area contributed by atoms with Crippen molar-refractivity contribution >= 4 is 11.6 Å². The van der Waals surface area contributed by atoms with Gasteiger partial charge in [-0.05, 0) is 54.5 Å². The van der Waals surface area contributed by atoms with Crippen LogP contribution in [0.2, 0.25) is 5.02 Å². The number of benzene rings is 1. The van der Waals surface area contributed by atoms with E-state index in [2.05, 4.69) is 35.4 Å². The molecule has 1 N–H and O–H groups in total. The lowest BCUT2D eigenvalue weighted by Crippen LogP contribution is -2.23. The lowest BCUT2D eigenvalue weighted by atomic mass is 10.0. The Morgan fingerprint density at radius 1 is 1.24 bits per heavy atom. The normalized spacial score (nSPS) is 15.9. The SMILES string of the molecule is CCc1cccnc1CNC(c1ccc(Cl)cc1)C1CC1. The van der Waals surface area contributed by atoms with Gasteiger partial charge in [0.15, 0.2) is 0 Å². The van der Waals surface area contributed by atoms with E-state index in [-0.39, 0.29) is 0 Å². The molecule has 0 amide bonds. The van der Waals surface area contributed by atoms with Crippen molar-refractivity contribution in [1.82, 2.24) is 10.3 Å². The molecule has 1 unspecified atom stereocenters. The van der Waals surface area contributed by atoms with E-state index < -0.39 is 0 Å². The molecule has 0 spiro atoms. The van der Waals surface area contributed by atoms with Gasteiger partial charge in [0.05, 0.1) is 5.69 Å². The third-order valence-corrected chi connectivity index (χ3v) is 4.43. The van der Waals surface area contributed by atoms with E-state index in [1.807, 2.05) is 24.4 Å². The van der Waals surface area contributed by atoms with Crippen LogP contribution in [0.15, 0.2) is 42.6 Å². The molecule has 110 valence electrons. The molecule has 1 saturated carbocycles. The van der Waals surface area contributed by atoms with Crippen LogP contribution < -0.4 is 5.32 Å². The number of aromatic nitrogens is 1. The molecular formula is C18H21ClN2. The summed E-state index contributed by atoms with van der Waals surface area (Å²) >= 11 is 5.99. The van der Waals surface area contributed by atoms with Crippen LogP contribution in [0, 0.1) is 5.92 Å². The lowest BCUT2D eigenvalue weighted by Gasteiger charge is -2.19. The lowest BCUT2D eigenvalue weighted by molar-refractivity contribution is 0.475. The van der Waals surface area contributed by atoms with E-state index in [1.165, 1.54) is 29.7 Å². The second-order valence-corrected chi connectivity index (χ2v) is 6.15. The second-order valence-electron chi connectivity index (χ2n) is 5.71. The maximum atomic E-state index is 5.99. The van der Waals surface area contributed by atoms with Crippen molar-refractivity contribution in [3.8, 4) is 0 Å². The van der Waals surface area contributed by atoms with E-state index in [1.54, 1.807) is 0 Å². The van der Waals surface area contributed by atoms with E-state index in [4.69, 9.17) is 11.6 Å². The number of rotatable bonds is 6. The monoisotopic (exact) mass is 300 g/mol. The highest BCUT2D eigenvalue weighted by molar-refractivity contribution is 6.30. The predicted octanol–water partition coefficient (Wildman–Crippen LogP) is 4.54. The summed E-state index contributed by atoms with van der Waals surface area (Å²) in [5.41, 5.74) is 3.83. The highest BCUT2D eigenvalue weighted by Crippen LogP contribution is 2.41. The van der Waals surface area contributed by atoms with Crippen LogP contribution in [0.3, 0.4) is 0 Å². The molecule has 1 fully saturated rings. The predicted molar refractivity (Wildman–Crippen MR) is 87.4 cm³/mol. The molecule has 2 aromatic rings. The van der Waals surface area contributed by atoms with Gasteiger partial charge < -0.3 is 5.32 Å². The summed E-state index contributed by atoms with van der Waals surface area (Å²) in [5.74, 6) is 0.750. The number of nitrogens with one attached hydrogen (secondary N) is 1. The van der Waals surface area contributed by atoms with Crippen LogP contribution in [-0.2, 0) is 13.0 Å². The van der Waals surface area contributed by atoms with Crippen LogP contribution >= 0.6 is 11.6 Å². The Kier molecular flexibility index (Phi) is 4.57. The first-order valence-corrected chi connectivity index (χ1v) is 8.07. The van der Waals surface area contributed by atoms with E-state index in [0.717, 1.165) is 23.9 Å². The van der Waals surface area contributed by atoms with Gasteiger partial charge in [0, 0.05) is 23.8 Å². The molecule has 21 heavy (non-hydrogen) atoms. The zero-order valence-corrected chi connectivity index (χ0v) is 13.1. The molecule has 1 aliphatic rings. The largest absolute Gasteiger partial charge is 0.304 e. The first-order chi connectivity index (χ1) is 10.3. The Morgan fingerprint density at radius 3 is 2.67 bits per heavy atom. The van der Waals surface area contributed by atoms with Gasteiger partial charge in [-0.2, -0.15) is 0 Å². The van der Waals surface area contributed by atoms with Crippen molar-refractivity contribution < 1.29 is 0 Å². The smallest absolute Gasteiger partial charge is 0.0573 e. The summed E-state index contributed by atoms with van der Waals surface area (Å²) in [4.78, 5) is 4.53. The average molecular weight is 301 g/mol. The van der Waals surface area contributed by atoms with E-state index >= 15 is 0 Å². The van der Waals surface area contributed by atoms with Gasteiger partial charge in [0.2, 0.25) is 0 Å². The van der Waals surface area contributed by atoms with Crippen molar-refractivity contribution in [2.45, 2.75) is 38.8 Å². The minimum absolute atomic E-state index is 0.411. The van der Waals surface area contributed by atoms with Crippen LogP contribution in [0.25, 0.3) is 0 Å². The van der Waals surface area contributed by atoms with E-state index in [9.17, 15) is 0 Å². The molecule has 1 aliphatic carbocycles. The zero-order valence-electron chi connectivity index (χ0n) is 12.3. The van der Waals surface area contributed by atoms with Gasteiger partial charge in [-0.3, -0.25) is 4.98 Å². The summed E-state index contributed by atoms with van der Waals surface area (Å²) in [6, 6.07) is 12.8. The molecule has 0 bridgehead atoms. The topological polar surface area (TPSA) is 24.9 Å². The van der Waals surface area contributed by atoms with Crippen LogP contribution in [0.5, 0.6) is 0 Å². The molecule has 1 atom stereocenters.